The first-order valence-electron chi connectivity index (χ1n) is 5.57. The summed E-state index contributed by atoms with van der Waals surface area (Å²) in [4.78, 5) is 0. The highest BCUT2D eigenvalue weighted by molar-refractivity contribution is 6.30. The number of ether oxygens (including phenoxy) is 1. The van der Waals surface area contributed by atoms with E-state index in [0.29, 0.717) is 5.56 Å². The second-order valence-corrected chi connectivity index (χ2v) is 4.42. The maximum Gasteiger partial charge on any atom is 0.165 e. The lowest BCUT2D eigenvalue weighted by Gasteiger charge is -2.15. The van der Waals surface area contributed by atoms with Crippen molar-refractivity contribution in [3.63, 3.8) is 0 Å². The minimum atomic E-state index is -0.792. The van der Waals surface area contributed by atoms with Gasteiger partial charge in [-0.25, -0.2) is 8.78 Å². The quantitative estimate of drug-likeness (QED) is 0.933. The molecule has 2 aromatic carbocycles. The second-order valence-electron chi connectivity index (χ2n) is 4.01. The van der Waals surface area contributed by atoms with Gasteiger partial charge in [-0.15, -0.1) is 0 Å². The molecule has 100 valence electrons. The van der Waals surface area contributed by atoms with Crippen LogP contribution in [0.15, 0.2) is 36.4 Å². The molecule has 0 radical (unpaired) electrons. The van der Waals surface area contributed by atoms with Crippen molar-refractivity contribution in [3.05, 3.63) is 64.2 Å². The number of rotatable bonds is 3. The van der Waals surface area contributed by atoms with Crippen LogP contribution in [0.1, 0.15) is 17.2 Å². The predicted molar refractivity (Wildman–Crippen MR) is 70.4 cm³/mol. The van der Waals surface area contributed by atoms with E-state index < -0.39 is 17.7 Å². The van der Waals surface area contributed by atoms with Crippen molar-refractivity contribution in [2.75, 3.05) is 7.11 Å². The number of benzene rings is 2. The first-order chi connectivity index (χ1) is 9.04. The molecule has 5 heteroatoms. The summed E-state index contributed by atoms with van der Waals surface area (Å²) in [7, 11) is 1.37. The minimum Gasteiger partial charge on any atom is -0.494 e. The summed E-state index contributed by atoms with van der Waals surface area (Å²) in [6.07, 6.45) is 0. The fourth-order valence-corrected chi connectivity index (χ4v) is 2.00. The second kappa shape index (κ2) is 5.55. The van der Waals surface area contributed by atoms with Gasteiger partial charge in [0.25, 0.3) is 0 Å². The molecule has 0 aliphatic carbocycles. The zero-order chi connectivity index (χ0) is 14.0. The average molecular weight is 284 g/mol. The van der Waals surface area contributed by atoms with Crippen LogP contribution in [0.5, 0.6) is 5.75 Å². The third-order valence-electron chi connectivity index (χ3n) is 2.85. The Kier molecular flexibility index (Phi) is 4.02. The number of nitrogens with two attached hydrogens (primary N) is 1. The number of hydrogen-bond donors (Lipinski definition) is 1. The van der Waals surface area contributed by atoms with Crippen molar-refractivity contribution < 1.29 is 13.5 Å². The standard InChI is InChI=1S/C14H12ClF2NO/c1-19-12-6-5-8(7-11(12)16)14(18)9-3-2-4-10(15)13(9)17/h2-7,14H,18H2,1H3. The Morgan fingerprint density at radius 1 is 1.21 bits per heavy atom. The molecule has 2 rings (SSSR count). The van der Waals surface area contributed by atoms with Gasteiger partial charge < -0.3 is 10.5 Å². The van der Waals surface area contributed by atoms with Crippen molar-refractivity contribution in [2.45, 2.75) is 6.04 Å². The highest BCUT2D eigenvalue weighted by Crippen LogP contribution is 2.28. The largest absolute Gasteiger partial charge is 0.494 e. The van der Waals surface area contributed by atoms with Crippen molar-refractivity contribution >= 4 is 11.6 Å². The first-order valence-corrected chi connectivity index (χ1v) is 5.95. The van der Waals surface area contributed by atoms with Gasteiger partial charge in [0, 0.05) is 5.56 Å². The van der Waals surface area contributed by atoms with E-state index in [-0.39, 0.29) is 16.3 Å². The maximum atomic E-state index is 13.9. The molecular weight excluding hydrogens is 272 g/mol. The molecule has 2 aromatic rings. The maximum absolute atomic E-state index is 13.9. The van der Waals surface area contributed by atoms with Gasteiger partial charge in [-0.1, -0.05) is 29.8 Å². The fraction of sp³-hybridized carbons (Fsp3) is 0.143. The fourth-order valence-electron chi connectivity index (χ4n) is 1.82. The van der Waals surface area contributed by atoms with Crippen molar-refractivity contribution in [3.8, 4) is 5.75 Å². The van der Waals surface area contributed by atoms with Crippen LogP contribution >= 0.6 is 11.6 Å². The molecule has 0 spiro atoms. The summed E-state index contributed by atoms with van der Waals surface area (Å²) in [5.74, 6) is -1.02. The lowest BCUT2D eigenvalue weighted by atomic mass is 9.99. The van der Waals surface area contributed by atoms with E-state index in [1.54, 1.807) is 12.1 Å². The minimum absolute atomic E-state index is 0.0121. The van der Waals surface area contributed by atoms with E-state index >= 15 is 0 Å². The number of hydrogen-bond acceptors (Lipinski definition) is 2. The highest BCUT2D eigenvalue weighted by Gasteiger charge is 2.17. The van der Waals surface area contributed by atoms with Crippen LogP contribution in [0.25, 0.3) is 0 Å². The molecule has 0 bridgehead atoms. The van der Waals surface area contributed by atoms with E-state index in [1.165, 1.54) is 31.4 Å². The molecule has 0 aliphatic heterocycles. The van der Waals surface area contributed by atoms with Gasteiger partial charge in [-0.2, -0.15) is 0 Å². The molecule has 0 saturated heterocycles. The average Bonchev–Trinajstić information content (AvgIpc) is 2.41. The van der Waals surface area contributed by atoms with Crippen molar-refractivity contribution in [1.82, 2.24) is 0 Å². The number of methoxy groups -OCH3 is 1. The topological polar surface area (TPSA) is 35.2 Å². The molecule has 0 heterocycles. The Labute approximate surface area is 114 Å². The van der Waals surface area contributed by atoms with Crippen molar-refractivity contribution in [1.29, 1.82) is 0 Å². The monoisotopic (exact) mass is 283 g/mol. The summed E-state index contributed by atoms with van der Waals surface area (Å²) in [6.45, 7) is 0. The third-order valence-corrected chi connectivity index (χ3v) is 3.14. The highest BCUT2D eigenvalue weighted by atomic mass is 35.5. The van der Waals surface area contributed by atoms with E-state index in [4.69, 9.17) is 22.1 Å². The molecule has 0 aromatic heterocycles. The lowest BCUT2D eigenvalue weighted by molar-refractivity contribution is 0.386. The Balaban J connectivity index is 2.41. The van der Waals surface area contributed by atoms with Gasteiger partial charge in [0.15, 0.2) is 11.6 Å². The van der Waals surface area contributed by atoms with E-state index in [9.17, 15) is 8.78 Å². The van der Waals surface area contributed by atoms with Crippen LogP contribution in [-0.2, 0) is 0 Å². The van der Waals surface area contributed by atoms with Crippen LogP contribution in [0.4, 0.5) is 8.78 Å². The van der Waals surface area contributed by atoms with Crippen LogP contribution in [0, 0.1) is 11.6 Å². The summed E-state index contributed by atoms with van der Waals surface area (Å²) in [5, 5.41) is -0.0121. The SMILES string of the molecule is COc1ccc(C(N)c2cccc(Cl)c2F)cc1F. The Morgan fingerprint density at radius 2 is 1.95 bits per heavy atom. The molecule has 0 fully saturated rings. The van der Waals surface area contributed by atoms with Gasteiger partial charge >= 0.3 is 0 Å². The summed E-state index contributed by atoms with van der Waals surface area (Å²) < 4.78 is 32.3. The molecular formula is C14H12ClF2NO. The smallest absolute Gasteiger partial charge is 0.165 e. The molecule has 1 atom stereocenters. The van der Waals surface area contributed by atoms with Gasteiger partial charge in [0.2, 0.25) is 0 Å². The van der Waals surface area contributed by atoms with Crippen LogP contribution in [0.3, 0.4) is 0 Å². The molecule has 19 heavy (non-hydrogen) atoms. The summed E-state index contributed by atoms with van der Waals surface area (Å²) >= 11 is 5.70. The third kappa shape index (κ3) is 2.69. The van der Waals surface area contributed by atoms with Crippen LogP contribution in [-0.4, -0.2) is 7.11 Å². The van der Waals surface area contributed by atoms with Gasteiger partial charge in [-0.05, 0) is 23.8 Å². The molecule has 0 aliphatic rings. The predicted octanol–water partition coefficient (Wildman–Crippen LogP) is 3.67. The first kappa shape index (κ1) is 13.8. The van der Waals surface area contributed by atoms with E-state index in [0.717, 1.165) is 0 Å². The van der Waals surface area contributed by atoms with E-state index in [1.807, 2.05) is 0 Å². The molecule has 2 N–H and O–H groups in total. The molecule has 0 amide bonds. The normalized spacial score (nSPS) is 12.3. The van der Waals surface area contributed by atoms with Gasteiger partial charge in [0.05, 0.1) is 18.2 Å². The molecule has 1 unspecified atom stereocenters. The Morgan fingerprint density at radius 3 is 2.58 bits per heavy atom. The summed E-state index contributed by atoms with van der Waals surface area (Å²) in [5.41, 5.74) is 6.60. The van der Waals surface area contributed by atoms with Crippen molar-refractivity contribution in [2.24, 2.45) is 5.73 Å². The van der Waals surface area contributed by atoms with Gasteiger partial charge in [0.1, 0.15) is 5.82 Å². The van der Waals surface area contributed by atoms with Crippen LogP contribution < -0.4 is 10.5 Å². The lowest BCUT2D eigenvalue weighted by Crippen LogP contribution is -2.14. The molecule has 0 saturated carbocycles. The number of halogens is 3. The van der Waals surface area contributed by atoms with Crippen LogP contribution in [0.2, 0.25) is 5.02 Å². The van der Waals surface area contributed by atoms with E-state index in [2.05, 4.69) is 0 Å². The zero-order valence-corrected chi connectivity index (χ0v) is 10.9. The summed E-state index contributed by atoms with van der Waals surface area (Å²) in [6, 6.07) is 8.03. The zero-order valence-electron chi connectivity index (χ0n) is 10.2. The molecule has 2 nitrogen and oxygen atoms in total. The Bertz CT molecular complexity index is 604. The Hall–Kier alpha value is -1.65. The van der Waals surface area contributed by atoms with Gasteiger partial charge in [-0.3, -0.25) is 0 Å².